The molecule has 1 aromatic rings. The molecule has 0 fully saturated rings. The molecular formula is C3H4N4NaOS. The number of carbonyl (C=O) groups is 1. The Labute approximate surface area is 83.7 Å². The smallest absolute Gasteiger partial charge is 0.272 e. The predicted octanol–water partition coefficient (Wildman–Crippen LogP) is -0.815. The maximum Gasteiger partial charge on any atom is 0.272 e. The number of aromatic amines is 2. The molecule has 0 spiro atoms. The van der Waals surface area contributed by atoms with Crippen molar-refractivity contribution in [2.24, 2.45) is 5.73 Å². The van der Waals surface area contributed by atoms with Gasteiger partial charge in [0.05, 0.1) is 0 Å². The van der Waals surface area contributed by atoms with E-state index in [1.807, 2.05) is 0 Å². The number of nitrogens with zero attached hydrogens (tertiary/aromatic N) is 1. The average Bonchev–Trinajstić information content (AvgIpc) is 2.13. The van der Waals surface area contributed by atoms with Crippen molar-refractivity contribution in [1.29, 1.82) is 0 Å². The van der Waals surface area contributed by atoms with Gasteiger partial charge >= 0.3 is 0 Å². The summed E-state index contributed by atoms with van der Waals surface area (Å²) in [6, 6.07) is 0. The van der Waals surface area contributed by atoms with Gasteiger partial charge in [-0.25, -0.2) is 5.21 Å². The van der Waals surface area contributed by atoms with Crippen LogP contribution in [0.15, 0.2) is 0 Å². The number of nitrogens with two attached hydrogens (primary N) is 1. The van der Waals surface area contributed by atoms with Crippen LogP contribution in [0.25, 0.3) is 0 Å². The zero-order valence-corrected chi connectivity index (χ0v) is 8.16. The topological polar surface area (TPSA) is 87.6 Å². The Morgan fingerprint density at radius 1 is 1.70 bits per heavy atom. The minimum Gasteiger partial charge on any atom is -0.364 e. The fourth-order valence-corrected chi connectivity index (χ4v) is 0.603. The van der Waals surface area contributed by atoms with Gasteiger partial charge in [-0.05, 0) is 0 Å². The number of nitrogens with one attached hydrogen (secondary N) is 2. The first-order chi connectivity index (χ1) is 4.22. The van der Waals surface area contributed by atoms with Gasteiger partial charge in [-0.2, -0.15) is 5.10 Å². The number of hydrogen-bond donors (Lipinski definition) is 3. The van der Waals surface area contributed by atoms with Crippen LogP contribution in [0, 0.1) is 4.64 Å². The van der Waals surface area contributed by atoms with Crippen LogP contribution in [0.3, 0.4) is 0 Å². The molecular weight excluding hydrogens is 163 g/mol. The van der Waals surface area contributed by atoms with Gasteiger partial charge in [0.15, 0.2) is 10.3 Å². The van der Waals surface area contributed by atoms with Gasteiger partial charge in [0.2, 0.25) is 0 Å². The van der Waals surface area contributed by atoms with E-state index in [1.54, 1.807) is 0 Å². The second-order valence-electron chi connectivity index (χ2n) is 1.39. The Balaban J connectivity index is 0.000000810. The molecule has 0 saturated heterocycles. The normalized spacial score (nSPS) is 8.40. The van der Waals surface area contributed by atoms with Gasteiger partial charge in [0.1, 0.15) is 0 Å². The molecule has 1 aromatic heterocycles. The van der Waals surface area contributed by atoms with E-state index < -0.39 is 5.91 Å². The van der Waals surface area contributed by atoms with Gasteiger partial charge in [-0.15, -0.1) is 0 Å². The zero-order valence-electron chi connectivity index (χ0n) is 5.34. The second kappa shape index (κ2) is 3.87. The molecule has 0 aliphatic heterocycles. The van der Waals surface area contributed by atoms with Crippen molar-refractivity contribution in [3.63, 3.8) is 0 Å². The van der Waals surface area contributed by atoms with Crippen molar-refractivity contribution in [1.82, 2.24) is 15.4 Å². The Morgan fingerprint density at radius 2 is 2.30 bits per heavy atom. The molecule has 1 amide bonds. The summed E-state index contributed by atoms with van der Waals surface area (Å²) in [5.41, 5.74) is 4.92. The molecule has 0 unspecified atom stereocenters. The quantitative estimate of drug-likeness (QED) is 0.377. The monoisotopic (exact) mass is 167 g/mol. The van der Waals surface area contributed by atoms with Crippen molar-refractivity contribution < 1.29 is 4.79 Å². The van der Waals surface area contributed by atoms with Gasteiger partial charge in [0, 0.05) is 29.6 Å². The van der Waals surface area contributed by atoms with Gasteiger partial charge in [-0.3, -0.25) is 9.89 Å². The molecule has 1 heterocycles. The van der Waals surface area contributed by atoms with E-state index in [1.165, 1.54) is 0 Å². The Bertz CT molecular complexity index is 278. The molecule has 0 aliphatic rings. The summed E-state index contributed by atoms with van der Waals surface area (Å²) in [4.78, 5) is 10.3. The van der Waals surface area contributed by atoms with Gasteiger partial charge in [-0.1, -0.05) is 12.2 Å². The Morgan fingerprint density at radius 3 is 2.50 bits per heavy atom. The van der Waals surface area contributed by atoms with Crippen LogP contribution in [0.5, 0.6) is 0 Å². The van der Waals surface area contributed by atoms with E-state index >= 15 is 0 Å². The molecule has 4 N–H and O–H groups in total. The van der Waals surface area contributed by atoms with E-state index in [-0.39, 0.29) is 39.9 Å². The largest absolute Gasteiger partial charge is 0.364 e. The summed E-state index contributed by atoms with van der Waals surface area (Å²) in [5, 5.41) is 8.18. The molecule has 5 nitrogen and oxygen atoms in total. The number of amides is 1. The minimum absolute atomic E-state index is 0. The summed E-state index contributed by atoms with van der Waals surface area (Å²) in [5.74, 6) is -0.627. The van der Waals surface area contributed by atoms with Crippen LogP contribution in [-0.4, -0.2) is 50.9 Å². The van der Waals surface area contributed by atoms with Gasteiger partial charge < -0.3 is 5.73 Å². The molecule has 10 heavy (non-hydrogen) atoms. The van der Waals surface area contributed by atoms with E-state index in [0.717, 1.165) is 0 Å². The molecule has 0 aliphatic carbocycles. The third kappa shape index (κ3) is 1.91. The average molecular weight is 167 g/mol. The van der Waals surface area contributed by atoms with Crippen LogP contribution >= 0.6 is 12.2 Å². The number of carbonyl (C=O) groups excluding carboxylic acids is 1. The summed E-state index contributed by atoms with van der Waals surface area (Å²) in [6.07, 6.45) is 0. The number of H-pyrrole nitrogens is 2. The molecule has 0 atom stereocenters. The van der Waals surface area contributed by atoms with Crippen LogP contribution in [-0.2, 0) is 0 Å². The van der Waals surface area contributed by atoms with Crippen molar-refractivity contribution in [3.05, 3.63) is 10.3 Å². The van der Waals surface area contributed by atoms with E-state index in [2.05, 4.69) is 27.6 Å². The third-order valence-corrected chi connectivity index (χ3v) is 1.08. The maximum atomic E-state index is 10.3. The first-order valence-electron chi connectivity index (χ1n) is 2.14. The minimum atomic E-state index is -0.627. The number of aromatic nitrogens is 3. The predicted molar refractivity (Wildman–Crippen MR) is 38.0 cm³/mol. The van der Waals surface area contributed by atoms with Crippen molar-refractivity contribution in [3.8, 4) is 0 Å². The van der Waals surface area contributed by atoms with Gasteiger partial charge in [0.25, 0.3) is 5.91 Å². The maximum absolute atomic E-state index is 10.3. The first kappa shape index (κ1) is 9.83. The second-order valence-corrected chi connectivity index (χ2v) is 1.80. The molecule has 1 rings (SSSR count). The molecule has 7 heteroatoms. The van der Waals surface area contributed by atoms with Crippen molar-refractivity contribution >= 4 is 47.7 Å². The fourth-order valence-electron chi connectivity index (χ4n) is 0.412. The van der Waals surface area contributed by atoms with E-state index in [0.29, 0.717) is 0 Å². The first-order valence-corrected chi connectivity index (χ1v) is 2.55. The Kier molecular flexibility index (Phi) is 3.80. The van der Waals surface area contributed by atoms with E-state index in [9.17, 15) is 4.79 Å². The zero-order chi connectivity index (χ0) is 6.85. The summed E-state index contributed by atoms with van der Waals surface area (Å²) >= 11 is 4.61. The third-order valence-electron chi connectivity index (χ3n) is 0.786. The molecule has 1 radical (unpaired) electrons. The number of primary amides is 1. The fraction of sp³-hybridized carbons (Fsp3) is 0. The van der Waals surface area contributed by atoms with Crippen LogP contribution in [0.2, 0.25) is 0 Å². The molecule has 0 aromatic carbocycles. The van der Waals surface area contributed by atoms with Crippen LogP contribution in [0.4, 0.5) is 0 Å². The Hall–Kier alpha value is -0.170. The summed E-state index contributed by atoms with van der Waals surface area (Å²) in [6.45, 7) is 0. The number of hydrogen-bond acceptors (Lipinski definition) is 3. The summed E-state index contributed by atoms with van der Waals surface area (Å²) in [7, 11) is 0. The molecule has 0 bridgehead atoms. The standard InChI is InChI=1S/C3H4N4OS.Na/c4-2(8)1-3(9)6-7-5-1;/h(H2,4,8)(H2,5,6,7,9);. The molecule has 49 valence electrons. The van der Waals surface area contributed by atoms with Crippen LogP contribution < -0.4 is 5.73 Å². The van der Waals surface area contributed by atoms with Crippen molar-refractivity contribution in [2.75, 3.05) is 0 Å². The van der Waals surface area contributed by atoms with E-state index in [4.69, 9.17) is 5.73 Å². The SMILES string of the molecule is NC(=O)c1n[nH][nH]c1=S.[Na]. The molecule has 0 saturated carbocycles. The van der Waals surface area contributed by atoms with Crippen molar-refractivity contribution in [2.45, 2.75) is 0 Å². The number of rotatable bonds is 1. The summed E-state index contributed by atoms with van der Waals surface area (Å²) < 4.78 is 0.238. The van der Waals surface area contributed by atoms with Crippen LogP contribution in [0.1, 0.15) is 10.5 Å².